The van der Waals surface area contributed by atoms with Gasteiger partial charge < -0.3 is 14.4 Å². The molecule has 0 saturated carbocycles. The van der Waals surface area contributed by atoms with Crippen molar-refractivity contribution in [1.29, 1.82) is 0 Å². The van der Waals surface area contributed by atoms with Gasteiger partial charge in [-0.25, -0.2) is 4.39 Å². The van der Waals surface area contributed by atoms with Crippen molar-refractivity contribution in [1.82, 2.24) is 9.80 Å². The molecule has 0 aliphatic carbocycles. The molecule has 2 atom stereocenters. The quantitative estimate of drug-likeness (QED) is 0.333. The molecule has 6 heteroatoms. The van der Waals surface area contributed by atoms with E-state index in [-0.39, 0.29) is 5.82 Å². The molecule has 2 aromatic carbocycles. The van der Waals surface area contributed by atoms with E-state index in [1.165, 1.54) is 42.6 Å². The summed E-state index contributed by atoms with van der Waals surface area (Å²) in [5.41, 5.74) is 3.89. The van der Waals surface area contributed by atoms with Gasteiger partial charge >= 0.3 is 0 Å². The highest BCUT2D eigenvalue weighted by Crippen LogP contribution is 2.36. The van der Waals surface area contributed by atoms with Crippen LogP contribution >= 0.6 is 11.3 Å². The molecular weight excluding hydrogens is 471 g/mol. The van der Waals surface area contributed by atoms with Crippen LogP contribution in [0.2, 0.25) is 0 Å². The normalized spacial score (nSPS) is 21.7. The second-order valence-corrected chi connectivity index (χ2v) is 11.1. The number of benzene rings is 2. The van der Waals surface area contributed by atoms with Gasteiger partial charge in [0.15, 0.2) is 0 Å². The lowest BCUT2D eigenvalue weighted by molar-refractivity contribution is 0.0542. The van der Waals surface area contributed by atoms with E-state index in [9.17, 15) is 4.39 Å². The number of nitrogens with zero attached hydrogens (tertiary/aromatic N) is 2. The monoisotopic (exact) mass is 508 g/mol. The summed E-state index contributed by atoms with van der Waals surface area (Å²) in [7, 11) is 1.72. The van der Waals surface area contributed by atoms with Crippen molar-refractivity contribution in [2.45, 2.75) is 31.9 Å². The van der Waals surface area contributed by atoms with Gasteiger partial charge in [0.2, 0.25) is 0 Å². The minimum absolute atomic E-state index is 0.196. The fourth-order valence-electron chi connectivity index (χ4n) is 5.72. The van der Waals surface area contributed by atoms with E-state index in [0.29, 0.717) is 24.4 Å². The number of ether oxygens (including phenoxy) is 2. The lowest BCUT2D eigenvalue weighted by Crippen LogP contribution is -2.39. The van der Waals surface area contributed by atoms with Crippen molar-refractivity contribution in [3.05, 3.63) is 87.9 Å². The summed E-state index contributed by atoms with van der Waals surface area (Å²) in [6, 6.07) is 17.4. The summed E-state index contributed by atoms with van der Waals surface area (Å²) in [6.07, 6.45) is 2.38. The average molecular weight is 509 g/mol. The molecule has 2 saturated heterocycles. The van der Waals surface area contributed by atoms with Gasteiger partial charge in [-0.1, -0.05) is 24.3 Å². The number of thiophene rings is 1. The van der Waals surface area contributed by atoms with Gasteiger partial charge in [0.05, 0.1) is 13.7 Å². The molecular formula is C30H37FN2O2S. The Bertz CT molecular complexity index is 1050. The molecule has 4 nitrogen and oxygen atoms in total. The predicted molar refractivity (Wildman–Crippen MR) is 144 cm³/mol. The zero-order valence-electron chi connectivity index (χ0n) is 21.2. The first-order valence-corrected chi connectivity index (χ1v) is 14.0. The second-order valence-electron chi connectivity index (χ2n) is 10.4. The van der Waals surface area contributed by atoms with E-state index in [4.69, 9.17) is 9.47 Å². The van der Waals surface area contributed by atoms with Gasteiger partial charge in [0, 0.05) is 38.7 Å². The summed E-state index contributed by atoms with van der Waals surface area (Å²) < 4.78 is 24.4. The summed E-state index contributed by atoms with van der Waals surface area (Å²) in [4.78, 5) is 5.31. The van der Waals surface area contributed by atoms with E-state index in [1.54, 1.807) is 19.2 Å². The molecule has 0 N–H and O–H groups in total. The molecule has 1 aromatic heterocycles. The molecule has 2 aliphatic heterocycles. The smallest absolute Gasteiger partial charge is 0.123 e. The molecule has 0 spiro atoms. The minimum atomic E-state index is -0.196. The standard InChI is InChI=1S/C30H37FN2O2S/c1-34-29-8-4-23(5-9-29)16-33-18-27(30(19-33)26-12-15-36-22-26)17-32-13-10-25(11-14-32)21-35-20-24-2-6-28(31)7-3-24/h2-9,12,15,22,25,27,30H,10-11,13-14,16-21H2,1H3/t27-,30-/m0/s1. The van der Waals surface area contributed by atoms with Gasteiger partial charge in [0.1, 0.15) is 11.6 Å². The summed E-state index contributed by atoms with van der Waals surface area (Å²) in [5.74, 6) is 2.59. The van der Waals surface area contributed by atoms with Crippen LogP contribution in [0.25, 0.3) is 0 Å². The molecule has 0 radical (unpaired) electrons. The summed E-state index contributed by atoms with van der Waals surface area (Å²) >= 11 is 1.81. The number of likely N-dealkylation sites (tertiary alicyclic amines) is 2. The maximum Gasteiger partial charge on any atom is 0.123 e. The van der Waals surface area contributed by atoms with Crippen LogP contribution in [0.15, 0.2) is 65.4 Å². The van der Waals surface area contributed by atoms with Gasteiger partial charge in [-0.2, -0.15) is 11.3 Å². The Kier molecular flexibility index (Phi) is 8.70. The van der Waals surface area contributed by atoms with Gasteiger partial charge in [0.25, 0.3) is 0 Å². The molecule has 3 heterocycles. The van der Waals surface area contributed by atoms with Crippen LogP contribution in [-0.4, -0.2) is 56.2 Å². The molecule has 36 heavy (non-hydrogen) atoms. The van der Waals surface area contributed by atoms with Crippen molar-refractivity contribution >= 4 is 11.3 Å². The van der Waals surface area contributed by atoms with E-state index in [2.05, 4.69) is 50.9 Å². The third kappa shape index (κ3) is 6.74. The Morgan fingerprint density at radius 1 is 0.917 bits per heavy atom. The molecule has 2 fully saturated rings. The van der Waals surface area contributed by atoms with Crippen molar-refractivity contribution in [3.63, 3.8) is 0 Å². The highest BCUT2D eigenvalue weighted by Gasteiger charge is 2.35. The molecule has 0 unspecified atom stereocenters. The van der Waals surface area contributed by atoms with Crippen LogP contribution in [0.3, 0.4) is 0 Å². The van der Waals surface area contributed by atoms with E-state index in [0.717, 1.165) is 50.6 Å². The van der Waals surface area contributed by atoms with Crippen LogP contribution < -0.4 is 4.74 Å². The van der Waals surface area contributed by atoms with Crippen molar-refractivity contribution in [3.8, 4) is 5.75 Å². The molecule has 5 rings (SSSR count). The highest BCUT2D eigenvalue weighted by atomic mass is 32.1. The van der Waals surface area contributed by atoms with Crippen LogP contribution in [0, 0.1) is 17.7 Å². The Labute approximate surface area is 218 Å². The molecule has 192 valence electrons. The summed E-state index contributed by atoms with van der Waals surface area (Å²) in [5, 5.41) is 4.56. The van der Waals surface area contributed by atoms with Crippen LogP contribution in [0.4, 0.5) is 4.39 Å². The van der Waals surface area contributed by atoms with E-state index >= 15 is 0 Å². The first-order chi connectivity index (χ1) is 17.7. The Morgan fingerprint density at radius 3 is 2.36 bits per heavy atom. The third-order valence-electron chi connectivity index (χ3n) is 7.79. The number of methoxy groups -OCH3 is 1. The average Bonchev–Trinajstić information content (AvgIpc) is 3.57. The SMILES string of the molecule is COc1ccc(CN2C[C@H](CN3CCC(COCc4ccc(F)cc4)CC3)[C@H](c3ccsc3)C2)cc1. The minimum Gasteiger partial charge on any atom is -0.497 e. The van der Waals surface area contributed by atoms with Gasteiger partial charge in [-0.15, -0.1) is 0 Å². The Balaban J connectivity index is 1.10. The van der Waals surface area contributed by atoms with Crippen molar-refractivity contribution in [2.75, 3.05) is 46.4 Å². The van der Waals surface area contributed by atoms with Gasteiger partial charge in [-0.3, -0.25) is 4.90 Å². The molecule has 2 aliphatic rings. The third-order valence-corrected chi connectivity index (χ3v) is 8.49. The Morgan fingerprint density at radius 2 is 1.67 bits per heavy atom. The molecule has 0 bridgehead atoms. The number of hydrogen-bond acceptors (Lipinski definition) is 5. The zero-order chi connectivity index (χ0) is 24.7. The van der Waals surface area contributed by atoms with Crippen LogP contribution in [-0.2, 0) is 17.9 Å². The first-order valence-electron chi connectivity index (χ1n) is 13.1. The topological polar surface area (TPSA) is 24.9 Å². The van der Waals surface area contributed by atoms with Crippen molar-refractivity contribution < 1.29 is 13.9 Å². The number of hydrogen-bond donors (Lipinski definition) is 0. The molecule has 0 amide bonds. The Hall–Kier alpha value is -2.25. The second kappa shape index (κ2) is 12.3. The van der Waals surface area contributed by atoms with Crippen LogP contribution in [0.1, 0.15) is 35.4 Å². The highest BCUT2D eigenvalue weighted by molar-refractivity contribution is 7.08. The fourth-order valence-corrected chi connectivity index (χ4v) is 6.44. The first kappa shape index (κ1) is 25.4. The van der Waals surface area contributed by atoms with Crippen molar-refractivity contribution in [2.24, 2.45) is 11.8 Å². The lowest BCUT2D eigenvalue weighted by Gasteiger charge is -2.34. The number of piperidine rings is 1. The van der Waals surface area contributed by atoms with Crippen LogP contribution in [0.5, 0.6) is 5.75 Å². The zero-order valence-corrected chi connectivity index (χ0v) is 22.0. The van der Waals surface area contributed by atoms with E-state index in [1.807, 2.05) is 11.3 Å². The largest absolute Gasteiger partial charge is 0.497 e. The number of rotatable bonds is 10. The maximum atomic E-state index is 13.1. The number of halogens is 1. The molecule has 3 aromatic rings. The summed E-state index contributed by atoms with van der Waals surface area (Å²) in [6.45, 7) is 8.09. The lowest BCUT2D eigenvalue weighted by atomic mass is 9.89. The maximum absolute atomic E-state index is 13.1. The fraction of sp³-hybridized carbons (Fsp3) is 0.467. The van der Waals surface area contributed by atoms with E-state index < -0.39 is 0 Å². The predicted octanol–water partition coefficient (Wildman–Crippen LogP) is 6.04. The van der Waals surface area contributed by atoms with Gasteiger partial charge in [-0.05, 0) is 95.5 Å².